The zero-order valence-corrected chi connectivity index (χ0v) is 15.4. The molecular formula is C20H29N3O3. The van der Waals surface area contributed by atoms with E-state index in [9.17, 15) is 9.59 Å². The molecule has 0 bridgehead atoms. The Morgan fingerprint density at radius 1 is 1.19 bits per heavy atom. The third kappa shape index (κ3) is 4.97. The second kappa shape index (κ2) is 9.03. The molecule has 142 valence electrons. The van der Waals surface area contributed by atoms with Gasteiger partial charge in [-0.15, -0.1) is 0 Å². The number of likely N-dealkylation sites (tertiary alicyclic amines) is 1. The summed E-state index contributed by atoms with van der Waals surface area (Å²) in [5.41, 5.74) is 0.807. The fraction of sp³-hybridized carbons (Fsp3) is 0.600. The van der Waals surface area contributed by atoms with Gasteiger partial charge in [-0.2, -0.15) is 0 Å². The second-order valence-corrected chi connectivity index (χ2v) is 7.29. The molecule has 2 saturated heterocycles. The number of amides is 3. The van der Waals surface area contributed by atoms with Crippen LogP contribution < -0.4 is 10.6 Å². The fourth-order valence-electron chi connectivity index (χ4n) is 3.72. The van der Waals surface area contributed by atoms with Gasteiger partial charge in [-0.25, -0.2) is 4.79 Å². The van der Waals surface area contributed by atoms with Crippen molar-refractivity contribution in [3.63, 3.8) is 0 Å². The van der Waals surface area contributed by atoms with Gasteiger partial charge < -0.3 is 20.3 Å². The Morgan fingerprint density at radius 2 is 1.92 bits per heavy atom. The smallest absolute Gasteiger partial charge is 0.321 e. The number of carbonyl (C=O) groups is 2. The molecule has 2 N–H and O–H groups in total. The van der Waals surface area contributed by atoms with E-state index in [0.717, 1.165) is 38.0 Å². The van der Waals surface area contributed by atoms with E-state index in [4.69, 9.17) is 4.74 Å². The van der Waals surface area contributed by atoms with Crippen molar-refractivity contribution in [3.05, 3.63) is 30.3 Å². The van der Waals surface area contributed by atoms with Crippen LogP contribution in [0.3, 0.4) is 0 Å². The van der Waals surface area contributed by atoms with Gasteiger partial charge in [-0.3, -0.25) is 4.79 Å². The minimum atomic E-state index is -0.0647. The molecule has 3 rings (SSSR count). The summed E-state index contributed by atoms with van der Waals surface area (Å²) in [6, 6.07) is 9.42. The average molecular weight is 359 g/mol. The highest BCUT2D eigenvalue weighted by Gasteiger charge is 2.30. The number of rotatable bonds is 5. The summed E-state index contributed by atoms with van der Waals surface area (Å²) >= 11 is 0. The highest BCUT2D eigenvalue weighted by Crippen LogP contribution is 2.25. The van der Waals surface area contributed by atoms with Crippen molar-refractivity contribution in [3.8, 4) is 0 Å². The number of urea groups is 1. The molecular weight excluding hydrogens is 330 g/mol. The lowest BCUT2D eigenvalue weighted by molar-refractivity contribution is -0.127. The summed E-state index contributed by atoms with van der Waals surface area (Å²) in [5.74, 6) is 0.392. The molecule has 0 spiro atoms. The maximum atomic E-state index is 12.4. The summed E-state index contributed by atoms with van der Waals surface area (Å²) in [5, 5.41) is 5.96. The summed E-state index contributed by atoms with van der Waals surface area (Å²) in [7, 11) is 0. The molecule has 1 aromatic carbocycles. The van der Waals surface area contributed by atoms with Crippen LogP contribution in [0.15, 0.2) is 30.3 Å². The summed E-state index contributed by atoms with van der Waals surface area (Å²) < 4.78 is 5.55. The predicted octanol–water partition coefficient (Wildman–Crippen LogP) is 2.86. The van der Waals surface area contributed by atoms with E-state index in [1.807, 2.05) is 42.2 Å². The Bertz CT molecular complexity index is 594. The number of hydrogen-bond donors (Lipinski definition) is 2. The van der Waals surface area contributed by atoms with Crippen LogP contribution in [0.5, 0.6) is 0 Å². The number of benzene rings is 1. The molecule has 0 radical (unpaired) electrons. The van der Waals surface area contributed by atoms with Crippen molar-refractivity contribution < 1.29 is 14.3 Å². The summed E-state index contributed by atoms with van der Waals surface area (Å²) in [6.45, 7) is 4.79. The Balaban J connectivity index is 1.40. The molecule has 2 heterocycles. The molecule has 6 nitrogen and oxygen atoms in total. The average Bonchev–Trinajstić information content (AvgIpc) is 3.20. The van der Waals surface area contributed by atoms with Crippen molar-refractivity contribution in [2.75, 3.05) is 31.6 Å². The predicted molar refractivity (Wildman–Crippen MR) is 101 cm³/mol. The second-order valence-electron chi connectivity index (χ2n) is 7.29. The van der Waals surface area contributed by atoms with Crippen LogP contribution in [0.25, 0.3) is 0 Å². The van der Waals surface area contributed by atoms with Gasteiger partial charge in [-0.1, -0.05) is 25.1 Å². The Hall–Kier alpha value is -2.08. The number of para-hydroxylation sites is 1. The van der Waals surface area contributed by atoms with Gasteiger partial charge in [0, 0.05) is 37.8 Å². The number of ether oxygens (including phenoxy) is 1. The van der Waals surface area contributed by atoms with Crippen LogP contribution in [0.1, 0.15) is 32.6 Å². The molecule has 2 atom stereocenters. The maximum Gasteiger partial charge on any atom is 0.321 e. The zero-order valence-electron chi connectivity index (χ0n) is 15.4. The molecule has 6 heteroatoms. The first-order valence-corrected chi connectivity index (χ1v) is 9.64. The van der Waals surface area contributed by atoms with Crippen LogP contribution in [0, 0.1) is 11.8 Å². The van der Waals surface area contributed by atoms with E-state index >= 15 is 0 Å². The number of hydrogen-bond acceptors (Lipinski definition) is 3. The summed E-state index contributed by atoms with van der Waals surface area (Å²) in [4.78, 5) is 26.6. The van der Waals surface area contributed by atoms with Gasteiger partial charge in [0.25, 0.3) is 0 Å². The van der Waals surface area contributed by atoms with Crippen LogP contribution >= 0.6 is 0 Å². The molecule has 2 aliphatic heterocycles. The maximum absolute atomic E-state index is 12.4. The zero-order chi connectivity index (χ0) is 18.4. The quantitative estimate of drug-likeness (QED) is 0.849. The highest BCUT2D eigenvalue weighted by molar-refractivity contribution is 5.89. The van der Waals surface area contributed by atoms with Crippen molar-refractivity contribution in [2.24, 2.45) is 11.8 Å². The van der Waals surface area contributed by atoms with Gasteiger partial charge in [0.15, 0.2) is 0 Å². The Kier molecular flexibility index (Phi) is 6.50. The van der Waals surface area contributed by atoms with Crippen molar-refractivity contribution >= 4 is 17.6 Å². The van der Waals surface area contributed by atoms with Crippen LogP contribution in [0.4, 0.5) is 10.5 Å². The topological polar surface area (TPSA) is 70.7 Å². The van der Waals surface area contributed by atoms with Crippen molar-refractivity contribution in [1.82, 2.24) is 10.2 Å². The van der Waals surface area contributed by atoms with E-state index in [1.165, 1.54) is 0 Å². The lowest BCUT2D eigenvalue weighted by atomic mass is 9.85. The summed E-state index contributed by atoms with van der Waals surface area (Å²) in [6.07, 6.45) is 4.01. The van der Waals surface area contributed by atoms with Crippen molar-refractivity contribution in [1.29, 1.82) is 0 Å². The first kappa shape index (κ1) is 18.7. The molecule has 0 saturated carbocycles. The number of nitrogens with one attached hydrogen (secondary N) is 2. The lowest BCUT2D eigenvalue weighted by Crippen LogP contribution is -2.45. The first-order chi connectivity index (χ1) is 12.6. The lowest BCUT2D eigenvalue weighted by Gasteiger charge is -2.34. The third-order valence-corrected chi connectivity index (χ3v) is 5.50. The molecule has 2 fully saturated rings. The first-order valence-electron chi connectivity index (χ1n) is 9.64. The standard InChI is InChI=1S/C20H29N3O3/c1-15(19(24)21-14-18-8-5-13-26-18)16-9-11-23(12-10-16)20(25)22-17-6-3-2-4-7-17/h2-4,6-7,15-16,18H,5,8-14H2,1H3,(H,21,24)(H,22,25)/t15-,18+/m0/s1. The minimum absolute atomic E-state index is 0.0317. The van der Waals surface area contributed by atoms with E-state index in [1.54, 1.807) is 0 Å². The number of anilines is 1. The van der Waals surface area contributed by atoms with E-state index < -0.39 is 0 Å². The molecule has 3 amide bonds. The molecule has 26 heavy (non-hydrogen) atoms. The van der Waals surface area contributed by atoms with Crippen LogP contribution in [0.2, 0.25) is 0 Å². The van der Waals surface area contributed by atoms with Crippen LogP contribution in [-0.2, 0) is 9.53 Å². The molecule has 2 aliphatic rings. The third-order valence-electron chi connectivity index (χ3n) is 5.50. The van der Waals surface area contributed by atoms with Crippen molar-refractivity contribution in [2.45, 2.75) is 38.7 Å². The van der Waals surface area contributed by atoms with E-state index in [-0.39, 0.29) is 24.0 Å². The molecule has 0 aromatic heterocycles. The Morgan fingerprint density at radius 3 is 2.58 bits per heavy atom. The van der Waals surface area contributed by atoms with Gasteiger partial charge in [0.1, 0.15) is 0 Å². The molecule has 1 aromatic rings. The van der Waals surface area contributed by atoms with Gasteiger partial charge in [-0.05, 0) is 43.7 Å². The number of carbonyl (C=O) groups excluding carboxylic acids is 2. The molecule has 0 aliphatic carbocycles. The number of nitrogens with zero attached hydrogens (tertiary/aromatic N) is 1. The minimum Gasteiger partial charge on any atom is -0.376 e. The normalized spacial score (nSPS) is 22.0. The number of piperidine rings is 1. The van der Waals surface area contributed by atoms with Gasteiger partial charge >= 0.3 is 6.03 Å². The highest BCUT2D eigenvalue weighted by atomic mass is 16.5. The SMILES string of the molecule is C[C@H](C(=O)NC[C@H]1CCCO1)C1CCN(C(=O)Nc2ccccc2)CC1. The van der Waals surface area contributed by atoms with E-state index in [2.05, 4.69) is 10.6 Å². The largest absolute Gasteiger partial charge is 0.376 e. The fourth-order valence-corrected chi connectivity index (χ4v) is 3.72. The van der Waals surface area contributed by atoms with Gasteiger partial charge in [0.2, 0.25) is 5.91 Å². The van der Waals surface area contributed by atoms with Gasteiger partial charge in [0.05, 0.1) is 6.10 Å². The Labute approximate surface area is 155 Å². The van der Waals surface area contributed by atoms with E-state index in [0.29, 0.717) is 25.6 Å². The van der Waals surface area contributed by atoms with Crippen LogP contribution in [-0.4, -0.2) is 49.2 Å². The molecule has 0 unspecified atom stereocenters. The monoisotopic (exact) mass is 359 g/mol.